The van der Waals surface area contributed by atoms with Crippen LogP contribution in [0, 0.1) is 17.5 Å². The fourth-order valence-corrected chi connectivity index (χ4v) is 1.99. The Morgan fingerprint density at radius 2 is 1.89 bits per heavy atom. The Morgan fingerprint density at radius 3 is 2.68 bits per heavy atom. The third-order valence-electron chi connectivity index (χ3n) is 2.86. The van der Waals surface area contributed by atoms with Gasteiger partial charge in [0.25, 0.3) is 0 Å². The minimum Gasteiger partial charge on any atom is -0.342 e. The maximum atomic E-state index is 13.5. The molecule has 1 heterocycles. The average molecular weight is 262 g/mol. The Balaban J connectivity index is 2.00. The van der Waals surface area contributed by atoms with Gasteiger partial charge in [0.05, 0.1) is 5.52 Å². The van der Waals surface area contributed by atoms with E-state index in [4.69, 9.17) is 0 Å². The quantitative estimate of drug-likeness (QED) is 0.751. The smallest absolute Gasteiger partial charge is 0.186 e. The molecule has 0 radical (unpaired) electrons. The van der Waals surface area contributed by atoms with Crippen molar-refractivity contribution < 1.29 is 13.2 Å². The van der Waals surface area contributed by atoms with Gasteiger partial charge in [0.15, 0.2) is 11.6 Å². The molecule has 0 atom stereocenters. The normalized spacial score (nSPS) is 11.1. The molecule has 2 nitrogen and oxygen atoms in total. The van der Waals surface area contributed by atoms with Crippen LogP contribution in [0.5, 0.6) is 0 Å². The number of nitrogens with one attached hydrogen (secondary N) is 1. The largest absolute Gasteiger partial charge is 0.342 e. The van der Waals surface area contributed by atoms with Crippen LogP contribution in [0.1, 0.15) is 11.4 Å². The molecule has 0 aliphatic heterocycles. The number of fused-ring (bicyclic) bond motifs is 1. The number of H-pyrrole nitrogens is 1. The Bertz CT molecular complexity index is 750. The van der Waals surface area contributed by atoms with Crippen molar-refractivity contribution in [2.24, 2.45) is 0 Å². The lowest BCUT2D eigenvalue weighted by atomic mass is 10.1. The summed E-state index contributed by atoms with van der Waals surface area (Å²) in [7, 11) is 0. The summed E-state index contributed by atoms with van der Waals surface area (Å²) in [5.41, 5.74) is 1.09. The summed E-state index contributed by atoms with van der Waals surface area (Å²) < 4.78 is 39.6. The van der Waals surface area contributed by atoms with Crippen molar-refractivity contribution in [3.05, 3.63) is 65.2 Å². The topological polar surface area (TPSA) is 28.7 Å². The van der Waals surface area contributed by atoms with Crippen LogP contribution < -0.4 is 0 Å². The number of hydrogen-bond acceptors (Lipinski definition) is 1. The second-order valence-corrected chi connectivity index (χ2v) is 4.25. The van der Waals surface area contributed by atoms with E-state index in [-0.39, 0.29) is 11.3 Å². The highest BCUT2D eigenvalue weighted by molar-refractivity contribution is 5.75. The Labute approximate surface area is 106 Å². The third kappa shape index (κ3) is 2.19. The molecule has 0 saturated carbocycles. The first-order valence-corrected chi connectivity index (χ1v) is 5.70. The molecule has 3 rings (SSSR count). The molecule has 0 aliphatic rings. The van der Waals surface area contributed by atoms with Gasteiger partial charge in [0.2, 0.25) is 0 Å². The molecule has 96 valence electrons. The third-order valence-corrected chi connectivity index (χ3v) is 2.86. The summed E-state index contributed by atoms with van der Waals surface area (Å²) >= 11 is 0. The second kappa shape index (κ2) is 4.42. The molecule has 0 unspecified atom stereocenters. The lowest BCUT2D eigenvalue weighted by Gasteiger charge is -1.97. The molecule has 0 aliphatic carbocycles. The number of imidazole rings is 1. The molecule has 5 heteroatoms. The SMILES string of the molecule is Fc1cccc(Cc2nc3c(F)c(F)ccc3[nH]2)c1. The van der Waals surface area contributed by atoms with E-state index >= 15 is 0 Å². The first kappa shape index (κ1) is 11.8. The van der Waals surface area contributed by atoms with Gasteiger partial charge in [-0.05, 0) is 29.8 Å². The van der Waals surface area contributed by atoms with Crippen LogP contribution >= 0.6 is 0 Å². The summed E-state index contributed by atoms with van der Waals surface area (Å²) in [6.07, 6.45) is 0.327. The Morgan fingerprint density at radius 1 is 1.05 bits per heavy atom. The van der Waals surface area contributed by atoms with Gasteiger partial charge in [-0.1, -0.05) is 12.1 Å². The van der Waals surface area contributed by atoms with E-state index in [0.717, 1.165) is 6.07 Å². The Hall–Kier alpha value is -2.30. The van der Waals surface area contributed by atoms with Crippen LogP contribution in [-0.4, -0.2) is 9.97 Å². The van der Waals surface area contributed by atoms with Gasteiger partial charge in [0, 0.05) is 6.42 Å². The summed E-state index contributed by atoms with van der Waals surface area (Å²) in [6.45, 7) is 0. The predicted octanol–water partition coefficient (Wildman–Crippen LogP) is 3.57. The van der Waals surface area contributed by atoms with E-state index < -0.39 is 11.6 Å². The minimum absolute atomic E-state index is 0.0357. The van der Waals surface area contributed by atoms with E-state index in [9.17, 15) is 13.2 Å². The first-order valence-electron chi connectivity index (χ1n) is 5.70. The lowest BCUT2D eigenvalue weighted by molar-refractivity contribution is 0.515. The van der Waals surface area contributed by atoms with E-state index in [1.807, 2.05) is 0 Å². The number of benzene rings is 2. The van der Waals surface area contributed by atoms with E-state index in [0.29, 0.717) is 23.3 Å². The van der Waals surface area contributed by atoms with Crippen molar-refractivity contribution in [1.82, 2.24) is 9.97 Å². The van der Waals surface area contributed by atoms with Gasteiger partial charge in [-0.25, -0.2) is 18.2 Å². The van der Waals surface area contributed by atoms with Crippen molar-refractivity contribution >= 4 is 11.0 Å². The molecule has 1 aromatic heterocycles. The van der Waals surface area contributed by atoms with E-state index in [2.05, 4.69) is 9.97 Å². The zero-order valence-electron chi connectivity index (χ0n) is 9.75. The van der Waals surface area contributed by atoms with Crippen molar-refractivity contribution in [3.8, 4) is 0 Å². The van der Waals surface area contributed by atoms with Crippen LogP contribution in [0.15, 0.2) is 36.4 Å². The number of halogens is 3. The van der Waals surface area contributed by atoms with Gasteiger partial charge in [0.1, 0.15) is 17.2 Å². The number of aromatic amines is 1. The van der Waals surface area contributed by atoms with E-state index in [1.54, 1.807) is 12.1 Å². The van der Waals surface area contributed by atoms with Gasteiger partial charge in [-0.15, -0.1) is 0 Å². The molecule has 0 bridgehead atoms. The van der Waals surface area contributed by atoms with Crippen molar-refractivity contribution in [2.45, 2.75) is 6.42 Å². The predicted molar refractivity (Wildman–Crippen MR) is 65.2 cm³/mol. The van der Waals surface area contributed by atoms with Gasteiger partial charge >= 0.3 is 0 Å². The molecular weight excluding hydrogens is 253 g/mol. The molecule has 3 aromatic rings. The number of nitrogens with zero attached hydrogens (tertiary/aromatic N) is 1. The van der Waals surface area contributed by atoms with Crippen LogP contribution in [0.3, 0.4) is 0 Å². The number of hydrogen-bond donors (Lipinski definition) is 1. The second-order valence-electron chi connectivity index (χ2n) is 4.25. The first-order chi connectivity index (χ1) is 9.13. The summed E-state index contributed by atoms with van der Waals surface area (Å²) in [5.74, 6) is -1.79. The van der Waals surface area contributed by atoms with Crippen LogP contribution in [0.25, 0.3) is 11.0 Å². The maximum Gasteiger partial charge on any atom is 0.186 e. The molecule has 2 aromatic carbocycles. The van der Waals surface area contributed by atoms with E-state index in [1.165, 1.54) is 18.2 Å². The minimum atomic E-state index is -0.973. The summed E-state index contributed by atoms with van der Waals surface area (Å²) in [5, 5.41) is 0. The van der Waals surface area contributed by atoms with Gasteiger partial charge in [-0.3, -0.25) is 0 Å². The van der Waals surface area contributed by atoms with Gasteiger partial charge in [-0.2, -0.15) is 0 Å². The van der Waals surface area contributed by atoms with Crippen LogP contribution in [-0.2, 0) is 6.42 Å². The fraction of sp³-hybridized carbons (Fsp3) is 0.0714. The average Bonchev–Trinajstić information content (AvgIpc) is 2.77. The zero-order chi connectivity index (χ0) is 13.4. The molecule has 0 fully saturated rings. The molecule has 0 saturated heterocycles. The summed E-state index contributed by atoms with van der Waals surface area (Å²) in [4.78, 5) is 6.90. The molecule has 0 amide bonds. The standard InChI is InChI=1S/C14H9F3N2/c15-9-3-1-2-8(6-9)7-12-18-11-5-4-10(16)13(17)14(11)19-12/h1-6H,7H2,(H,18,19). The molecule has 0 spiro atoms. The van der Waals surface area contributed by atoms with Crippen molar-refractivity contribution in [2.75, 3.05) is 0 Å². The van der Waals surface area contributed by atoms with Crippen molar-refractivity contribution in [1.29, 1.82) is 0 Å². The zero-order valence-corrected chi connectivity index (χ0v) is 9.75. The van der Waals surface area contributed by atoms with Crippen molar-refractivity contribution in [3.63, 3.8) is 0 Å². The van der Waals surface area contributed by atoms with Crippen LogP contribution in [0.4, 0.5) is 13.2 Å². The fourth-order valence-electron chi connectivity index (χ4n) is 1.99. The lowest BCUT2D eigenvalue weighted by Crippen LogP contribution is -1.91. The summed E-state index contributed by atoms with van der Waals surface area (Å²) in [6, 6.07) is 8.53. The number of aromatic nitrogens is 2. The molecular formula is C14H9F3N2. The Kier molecular flexibility index (Phi) is 2.74. The highest BCUT2D eigenvalue weighted by atomic mass is 19.2. The molecule has 19 heavy (non-hydrogen) atoms. The molecule has 1 N–H and O–H groups in total. The highest BCUT2D eigenvalue weighted by Gasteiger charge is 2.12. The number of rotatable bonds is 2. The monoisotopic (exact) mass is 262 g/mol. The van der Waals surface area contributed by atoms with Gasteiger partial charge < -0.3 is 4.98 Å². The highest BCUT2D eigenvalue weighted by Crippen LogP contribution is 2.19. The maximum absolute atomic E-state index is 13.5. The van der Waals surface area contributed by atoms with Crippen LogP contribution in [0.2, 0.25) is 0 Å².